The van der Waals surface area contributed by atoms with E-state index in [2.05, 4.69) is 72.7 Å². The molecule has 0 heterocycles. The molecule has 196 valence electrons. The van der Waals surface area contributed by atoms with Crippen LogP contribution in [0.1, 0.15) is 120 Å². The molecule has 0 saturated carbocycles. The van der Waals surface area contributed by atoms with Gasteiger partial charge in [-0.1, -0.05) is 79.2 Å². The molecule has 35 heavy (non-hydrogen) atoms. The molecule has 0 spiro atoms. The number of aliphatic hydroxyl groups is 2. The highest BCUT2D eigenvalue weighted by Gasteiger charge is 2.30. The van der Waals surface area contributed by atoms with Crippen molar-refractivity contribution in [3.8, 4) is 11.5 Å². The molecule has 0 radical (unpaired) electrons. The molecule has 2 aromatic rings. The van der Waals surface area contributed by atoms with Crippen LogP contribution in [0.15, 0.2) is 24.3 Å². The van der Waals surface area contributed by atoms with Gasteiger partial charge in [-0.05, 0) is 66.0 Å². The fourth-order valence-corrected chi connectivity index (χ4v) is 4.87. The molecule has 0 fully saturated rings. The molecule has 0 aromatic heterocycles. The van der Waals surface area contributed by atoms with E-state index in [0.29, 0.717) is 24.3 Å². The minimum absolute atomic E-state index is 0.128. The maximum absolute atomic E-state index is 11.6. The zero-order valence-corrected chi connectivity index (χ0v) is 23.0. The molecular formula is C31H48O4. The van der Waals surface area contributed by atoms with Gasteiger partial charge in [-0.15, -0.1) is 0 Å². The number of benzene rings is 2. The summed E-state index contributed by atoms with van der Waals surface area (Å²) in [6.45, 7) is 15.1. The van der Waals surface area contributed by atoms with Crippen molar-refractivity contribution in [2.75, 3.05) is 13.2 Å². The van der Waals surface area contributed by atoms with Gasteiger partial charge >= 0.3 is 0 Å². The monoisotopic (exact) mass is 484 g/mol. The summed E-state index contributed by atoms with van der Waals surface area (Å²) in [6, 6.07) is 8.32. The Hall–Kier alpha value is -2.04. The van der Waals surface area contributed by atoms with Crippen LogP contribution in [0, 0.1) is 0 Å². The summed E-state index contributed by atoms with van der Waals surface area (Å²) in [5.74, 6) is 0.469. The van der Waals surface area contributed by atoms with Gasteiger partial charge in [0.15, 0.2) is 0 Å². The minimum Gasteiger partial charge on any atom is -0.507 e. The summed E-state index contributed by atoms with van der Waals surface area (Å²) in [5.41, 5.74) is 5.29. The zero-order valence-electron chi connectivity index (χ0n) is 23.0. The minimum atomic E-state index is -0.245. The van der Waals surface area contributed by atoms with Crippen LogP contribution in [-0.2, 0) is 23.7 Å². The third-order valence-corrected chi connectivity index (χ3v) is 7.39. The first-order valence-corrected chi connectivity index (χ1v) is 13.3. The van der Waals surface area contributed by atoms with Gasteiger partial charge in [-0.3, -0.25) is 0 Å². The third kappa shape index (κ3) is 7.01. The summed E-state index contributed by atoms with van der Waals surface area (Å²) >= 11 is 0. The van der Waals surface area contributed by atoms with Crippen molar-refractivity contribution in [1.82, 2.24) is 0 Å². The largest absolute Gasteiger partial charge is 0.507 e. The first kappa shape index (κ1) is 29.2. The van der Waals surface area contributed by atoms with Crippen LogP contribution in [0.4, 0.5) is 0 Å². The second kappa shape index (κ2) is 12.3. The Kier molecular flexibility index (Phi) is 10.2. The number of hydrogen-bond donors (Lipinski definition) is 4. The van der Waals surface area contributed by atoms with Crippen LogP contribution in [0.2, 0.25) is 0 Å². The van der Waals surface area contributed by atoms with Crippen molar-refractivity contribution >= 4 is 0 Å². The van der Waals surface area contributed by atoms with E-state index >= 15 is 0 Å². The molecule has 1 atom stereocenters. The third-order valence-electron chi connectivity index (χ3n) is 7.39. The first-order valence-electron chi connectivity index (χ1n) is 13.3. The Bertz CT molecular complexity index is 969. The van der Waals surface area contributed by atoms with Crippen LogP contribution in [-0.4, -0.2) is 33.6 Å². The maximum atomic E-state index is 11.6. The van der Waals surface area contributed by atoms with E-state index in [1.165, 1.54) is 0 Å². The number of phenols is 2. The summed E-state index contributed by atoms with van der Waals surface area (Å²) < 4.78 is 0. The number of aryl methyl sites for hydroxylation is 2. The summed E-state index contributed by atoms with van der Waals surface area (Å²) in [6.07, 6.45) is 5.41. The molecule has 1 unspecified atom stereocenters. The van der Waals surface area contributed by atoms with Gasteiger partial charge in [0.1, 0.15) is 11.5 Å². The van der Waals surface area contributed by atoms with Crippen molar-refractivity contribution in [1.29, 1.82) is 0 Å². The first-order chi connectivity index (χ1) is 16.4. The quantitative estimate of drug-likeness (QED) is 0.265. The van der Waals surface area contributed by atoms with Crippen molar-refractivity contribution in [3.05, 3.63) is 57.6 Å². The topological polar surface area (TPSA) is 80.9 Å². The molecular weight excluding hydrogens is 436 g/mol. The lowest BCUT2D eigenvalue weighted by molar-refractivity contribution is 0.288. The van der Waals surface area contributed by atoms with E-state index in [1.807, 2.05) is 0 Å². The fourth-order valence-electron chi connectivity index (χ4n) is 4.87. The van der Waals surface area contributed by atoms with Crippen molar-refractivity contribution in [3.63, 3.8) is 0 Å². The molecule has 2 rings (SSSR count). The number of rotatable bonds is 12. The van der Waals surface area contributed by atoms with E-state index in [-0.39, 0.29) is 30.0 Å². The average molecular weight is 485 g/mol. The van der Waals surface area contributed by atoms with Crippen LogP contribution in [0.3, 0.4) is 0 Å². The Labute approximate surface area is 213 Å². The Morgan fingerprint density at radius 3 is 1.57 bits per heavy atom. The molecule has 0 aliphatic rings. The highest BCUT2D eigenvalue weighted by molar-refractivity contribution is 5.56. The lowest BCUT2D eigenvalue weighted by Gasteiger charge is -2.30. The van der Waals surface area contributed by atoms with E-state index in [0.717, 1.165) is 65.5 Å². The second-order valence-corrected chi connectivity index (χ2v) is 11.6. The highest BCUT2D eigenvalue weighted by atomic mass is 16.3. The van der Waals surface area contributed by atoms with Crippen LogP contribution < -0.4 is 0 Å². The predicted octanol–water partition coefficient (Wildman–Crippen LogP) is 6.86. The number of hydrogen-bond acceptors (Lipinski definition) is 4. The molecule has 4 heteroatoms. The van der Waals surface area contributed by atoms with Crippen LogP contribution >= 0.6 is 0 Å². The molecule has 0 bridgehead atoms. The standard InChI is InChI=1S/C31H48O4/c1-8-12-23(24-17-21(13-10-15-32)19-26(28(24)34)30(3,4)5)25-18-22(14-11-16-33)20-27(29(25)35)31(6,7)9-2/h17-20,23,32-35H,8-16H2,1-7H3. The van der Waals surface area contributed by atoms with Gasteiger partial charge in [0.2, 0.25) is 0 Å². The van der Waals surface area contributed by atoms with Gasteiger partial charge in [-0.2, -0.15) is 0 Å². The molecule has 4 N–H and O–H groups in total. The number of aromatic hydroxyl groups is 2. The SMILES string of the molecule is CCCC(c1cc(CCCO)cc(C(C)(C)C)c1O)c1cc(CCCO)cc(C(C)(C)CC)c1O. The van der Waals surface area contributed by atoms with E-state index in [4.69, 9.17) is 0 Å². The molecule has 2 aromatic carbocycles. The van der Waals surface area contributed by atoms with Crippen LogP contribution in [0.25, 0.3) is 0 Å². The molecule has 0 aliphatic heterocycles. The molecule has 0 aliphatic carbocycles. The smallest absolute Gasteiger partial charge is 0.123 e. The van der Waals surface area contributed by atoms with Crippen molar-refractivity contribution in [2.24, 2.45) is 0 Å². The molecule has 0 saturated heterocycles. The van der Waals surface area contributed by atoms with Gasteiger partial charge in [0, 0.05) is 35.8 Å². The highest BCUT2D eigenvalue weighted by Crippen LogP contribution is 2.47. The predicted molar refractivity (Wildman–Crippen MR) is 146 cm³/mol. The van der Waals surface area contributed by atoms with E-state index in [1.54, 1.807) is 0 Å². The van der Waals surface area contributed by atoms with Crippen molar-refractivity contribution < 1.29 is 20.4 Å². The Balaban J connectivity index is 2.84. The van der Waals surface area contributed by atoms with Gasteiger partial charge in [0.25, 0.3) is 0 Å². The Morgan fingerprint density at radius 2 is 1.17 bits per heavy atom. The molecule has 0 amide bonds. The van der Waals surface area contributed by atoms with E-state index in [9.17, 15) is 20.4 Å². The normalized spacial score (nSPS) is 13.3. The van der Waals surface area contributed by atoms with Gasteiger partial charge in [-0.25, -0.2) is 0 Å². The van der Waals surface area contributed by atoms with Gasteiger partial charge in [0.05, 0.1) is 0 Å². The second-order valence-electron chi connectivity index (χ2n) is 11.6. The Morgan fingerprint density at radius 1 is 0.714 bits per heavy atom. The van der Waals surface area contributed by atoms with Crippen LogP contribution in [0.5, 0.6) is 11.5 Å². The summed E-state index contributed by atoms with van der Waals surface area (Å²) in [5, 5.41) is 42.0. The van der Waals surface area contributed by atoms with Crippen molar-refractivity contribution in [2.45, 2.75) is 110 Å². The average Bonchev–Trinajstić information content (AvgIpc) is 2.80. The van der Waals surface area contributed by atoms with Gasteiger partial charge < -0.3 is 20.4 Å². The van der Waals surface area contributed by atoms with E-state index < -0.39 is 0 Å². The summed E-state index contributed by atoms with van der Waals surface area (Å²) in [4.78, 5) is 0. The lowest BCUT2D eigenvalue weighted by Crippen LogP contribution is -2.18. The molecule has 4 nitrogen and oxygen atoms in total. The lowest BCUT2D eigenvalue weighted by atomic mass is 9.75. The number of phenolic OH excluding ortho intramolecular Hbond substituents is 2. The maximum Gasteiger partial charge on any atom is 0.123 e. The fraction of sp³-hybridized carbons (Fsp3) is 0.613. The zero-order chi connectivity index (χ0) is 26.4. The number of aliphatic hydroxyl groups excluding tert-OH is 2. The summed E-state index contributed by atoms with van der Waals surface area (Å²) in [7, 11) is 0.